The summed E-state index contributed by atoms with van der Waals surface area (Å²) in [6.07, 6.45) is 3.41. The minimum atomic E-state index is -0.871. The predicted octanol–water partition coefficient (Wildman–Crippen LogP) is 2.55. The Morgan fingerprint density at radius 2 is 2.06 bits per heavy atom. The van der Waals surface area contributed by atoms with Gasteiger partial charge in [-0.25, -0.2) is 0 Å². The first-order valence-corrected chi connectivity index (χ1v) is 7.50. The molecule has 3 heteroatoms. The molecule has 0 radical (unpaired) electrons. The van der Waals surface area contributed by atoms with Crippen molar-refractivity contribution in [1.29, 1.82) is 0 Å². The van der Waals surface area contributed by atoms with Crippen molar-refractivity contribution in [2.24, 2.45) is 0 Å². The zero-order valence-corrected chi connectivity index (χ0v) is 11.6. The molecule has 3 atom stereocenters. The Morgan fingerprint density at radius 3 is 2.71 bits per heavy atom. The topological polar surface area (TPSA) is 29.1 Å². The Balaban J connectivity index is 2.24. The first-order valence-electron chi connectivity index (χ1n) is 6.28. The van der Waals surface area contributed by atoms with E-state index in [2.05, 4.69) is 31.3 Å². The number of hydrogen-bond donors (Lipinski definition) is 1. The molecule has 3 unspecified atom stereocenters. The highest BCUT2D eigenvalue weighted by Crippen LogP contribution is 2.28. The van der Waals surface area contributed by atoms with Gasteiger partial charge >= 0.3 is 0 Å². The van der Waals surface area contributed by atoms with Crippen LogP contribution in [0.2, 0.25) is 0 Å². The van der Waals surface area contributed by atoms with Crippen LogP contribution in [0.4, 0.5) is 0 Å². The molecule has 0 heterocycles. The summed E-state index contributed by atoms with van der Waals surface area (Å²) in [4.78, 5) is 1.02. The molecule has 1 aromatic rings. The van der Waals surface area contributed by atoms with E-state index < -0.39 is 10.8 Å². The molecule has 2 rings (SSSR count). The molecule has 1 aliphatic rings. The zero-order valence-electron chi connectivity index (χ0n) is 10.8. The summed E-state index contributed by atoms with van der Waals surface area (Å²) in [5.41, 5.74) is 2.39. The molecular formula is C14H21NOS. The largest absolute Gasteiger partial charge is 0.316 e. The van der Waals surface area contributed by atoms with Gasteiger partial charge < -0.3 is 5.32 Å². The molecule has 1 aromatic carbocycles. The van der Waals surface area contributed by atoms with E-state index in [9.17, 15) is 4.21 Å². The minimum absolute atomic E-state index is 0.279. The van der Waals surface area contributed by atoms with Crippen LogP contribution in [0.3, 0.4) is 0 Å². The lowest BCUT2D eigenvalue weighted by molar-refractivity contribution is 0.576. The maximum absolute atomic E-state index is 12.6. The Morgan fingerprint density at radius 1 is 1.29 bits per heavy atom. The molecule has 0 spiro atoms. The van der Waals surface area contributed by atoms with Crippen LogP contribution in [0, 0.1) is 13.8 Å². The summed E-state index contributed by atoms with van der Waals surface area (Å²) >= 11 is 0. The average molecular weight is 251 g/mol. The van der Waals surface area contributed by atoms with Crippen molar-refractivity contribution < 1.29 is 4.21 Å². The number of rotatable bonds is 3. The number of benzene rings is 1. The highest BCUT2D eigenvalue weighted by atomic mass is 32.2. The van der Waals surface area contributed by atoms with E-state index in [0.717, 1.165) is 23.3 Å². The molecule has 0 bridgehead atoms. The van der Waals surface area contributed by atoms with Crippen LogP contribution in [0.25, 0.3) is 0 Å². The normalized spacial score (nSPS) is 26.1. The van der Waals surface area contributed by atoms with Gasteiger partial charge in [-0.2, -0.15) is 0 Å². The van der Waals surface area contributed by atoms with Crippen molar-refractivity contribution in [2.75, 3.05) is 7.05 Å². The first-order chi connectivity index (χ1) is 8.13. The summed E-state index contributed by atoms with van der Waals surface area (Å²) in [6, 6.07) is 6.63. The first kappa shape index (κ1) is 12.8. The molecule has 94 valence electrons. The van der Waals surface area contributed by atoms with Gasteiger partial charge in [0.2, 0.25) is 0 Å². The van der Waals surface area contributed by atoms with Crippen molar-refractivity contribution in [3.05, 3.63) is 29.3 Å². The second-order valence-electron chi connectivity index (χ2n) is 4.93. The van der Waals surface area contributed by atoms with Gasteiger partial charge in [-0.1, -0.05) is 24.1 Å². The molecule has 1 saturated carbocycles. The van der Waals surface area contributed by atoms with E-state index in [0.29, 0.717) is 6.04 Å². The van der Waals surface area contributed by atoms with Gasteiger partial charge in [-0.15, -0.1) is 0 Å². The van der Waals surface area contributed by atoms with Gasteiger partial charge in [0.25, 0.3) is 0 Å². The van der Waals surface area contributed by atoms with E-state index in [1.54, 1.807) is 0 Å². The fraction of sp³-hybridized carbons (Fsp3) is 0.571. The van der Waals surface area contributed by atoms with Crippen LogP contribution < -0.4 is 5.32 Å². The third-order valence-corrected chi connectivity index (χ3v) is 5.65. The fourth-order valence-electron chi connectivity index (χ4n) is 2.70. The third kappa shape index (κ3) is 2.61. The van der Waals surface area contributed by atoms with E-state index in [-0.39, 0.29) is 5.25 Å². The van der Waals surface area contributed by atoms with E-state index in [4.69, 9.17) is 0 Å². The highest BCUT2D eigenvalue weighted by molar-refractivity contribution is 7.85. The average Bonchev–Trinajstić information content (AvgIpc) is 2.76. The lowest BCUT2D eigenvalue weighted by atomic mass is 10.2. The van der Waals surface area contributed by atoms with Crippen molar-refractivity contribution in [3.8, 4) is 0 Å². The minimum Gasteiger partial charge on any atom is -0.316 e. The molecule has 0 saturated heterocycles. The Hall–Kier alpha value is -0.670. The van der Waals surface area contributed by atoms with Gasteiger partial charge in [0.15, 0.2) is 0 Å². The Bertz CT molecular complexity index is 430. The molecule has 17 heavy (non-hydrogen) atoms. The van der Waals surface area contributed by atoms with E-state index in [1.165, 1.54) is 12.0 Å². The van der Waals surface area contributed by atoms with Crippen LogP contribution in [0.1, 0.15) is 30.4 Å². The molecule has 1 N–H and O–H groups in total. The smallest absolute Gasteiger partial charge is 0.0579 e. The third-order valence-electron chi connectivity index (χ3n) is 3.65. The van der Waals surface area contributed by atoms with Crippen LogP contribution in [-0.2, 0) is 10.8 Å². The van der Waals surface area contributed by atoms with E-state index in [1.807, 2.05) is 13.1 Å². The monoisotopic (exact) mass is 251 g/mol. The maximum atomic E-state index is 12.6. The fourth-order valence-corrected chi connectivity index (χ4v) is 4.56. The summed E-state index contributed by atoms with van der Waals surface area (Å²) < 4.78 is 12.6. The van der Waals surface area contributed by atoms with E-state index >= 15 is 0 Å². The molecular weight excluding hydrogens is 230 g/mol. The van der Waals surface area contributed by atoms with Gasteiger partial charge in [0, 0.05) is 10.9 Å². The Kier molecular flexibility index (Phi) is 4.00. The van der Waals surface area contributed by atoms with Crippen LogP contribution in [-0.4, -0.2) is 22.5 Å². The number of aryl methyl sites for hydroxylation is 2. The second-order valence-corrected chi connectivity index (χ2v) is 6.57. The van der Waals surface area contributed by atoms with Crippen molar-refractivity contribution >= 4 is 10.8 Å². The van der Waals surface area contributed by atoms with Crippen LogP contribution >= 0.6 is 0 Å². The van der Waals surface area contributed by atoms with Gasteiger partial charge in [-0.3, -0.25) is 4.21 Å². The van der Waals surface area contributed by atoms with Gasteiger partial charge in [-0.05, 0) is 45.4 Å². The lowest BCUT2D eigenvalue weighted by Gasteiger charge is -2.19. The summed E-state index contributed by atoms with van der Waals surface area (Å²) in [6.45, 7) is 4.13. The molecule has 1 fully saturated rings. The summed E-state index contributed by atoms with van der Waals surface area (Å²) in [7, 11) is 1.10. The predicted molar refractivity (Wildman–Crippen MR) is 72.8 cm³/mol. The second kappa shape index (κ2) is 5.32. The molecule has 0 amide bonds. The number of hydrogen-bond acceptors (Lipinski definition) is 2. The van der Waals surface area contributed by atoms with Crippen molar-refractivity contribution in [2.45, 2.75) is 49.3 Å². The molecule has 1 aliphatic carbocycles. The Labute approximate surface area is 106 Å². The summed E-state index contributed by atoms with van der Waals surface area (Å²) in [5, 5.41) is 3.58. The summed E-state index contributed by atoms with van der Waals surface area (Å²) in [5.74, 6) is 0. The SMILES string of the molecule is CNC1CCCC1S(=O)c1ccc(C)cc1C. The quantitative estimate of drug-likeness (QED) is 0.894. The van der Waals surface area contributed by atoms with Gasteiger partial charge in [0.1, 0.15) is 0 Å². The maximum Gasteiger partial charge on any atom is 0.0579 e. The van der Waals surface area contributed by atoms with Gasteiger partial charge in [0.05, 0.1) is 16.0 Å². The standard InChI is InChI=1S/C14H21NOS/c1-10-7-8-13(11(2)9-10)17(16)14-6-4-5-12(14)15-3/h7-9,12,14-15H,4-6H2,1-3H3. The van der Waals surface area contributed by atoms with Crippen LogP contribution in [0.5, 0.6) is 0 Å². The molecule has 2 nitrogen and oxygen atoms in total. The lowest BCUT2D eigenvalue weighted by Crippen LogP contribution is -2.35. The molecule has 0 aromatic heterocycles. The zero-order chi connectivity index (χ0) is 12.4. The number of nitrogens with one attached hydrogen (secondary N) is 1. The molecule has 0 aliphatic heterocycles. The highest BCUT2D eigenvalue weighted by Gasteiger charge is 2.31. The van der Waals surface area contributed by atoms with Crippen molar-refractivity contribution in [3.63, 3.8) is 0 Å². The van der Waals surface area contributed by atoms with Crippen LogP contribution in [0.15, 0.2) is 23.1 Å². The van der Waals surface area contributed by atoms with Crippen molar-refractivity contribution in [1.82, 2.24) is 5.32 Å².